The molecule has 0 N–H and O–H groups in total. The van der Waals surface area contributed by atoms with Crippen molar-refractivity contribution in [3.05, 3.63) is 228 Å². The Balaban J connectivity index is 0.939. The highest BCUT2D eigenvalue weighted by atomic mass is 32.1. The van der Waals surface area contributed by atoms with Crippen LogP contribution >= 0.6 is 22.7 Å². The summed E-state index contributed by atoms with van der Waals surface area (Å²) in [5.74, 6) is 0. The fraction of sp³-hybridized carbons (Fsp3) is 0.134. The number of hydrogen-bond donors (Lipinski definition) is 0. The first kappa shape index (κ1) is 42.8. The molecule has 1 aliphatic carbocycles. The fourth-order valence-corrected chi connectivity index (χ4v) is 14.9. The topological polar surface area (TPSA) is 32.3 Å². The van der Waals surface area contributed by atoms with Gasteiger partial charge in [0.15, 0.2) is 0 Å². The molecule has 2 aromatic heterocycles. The predicted octanol–water partition coefficient (Wildman–Crippen LogP) is 19.1. The van der Waals surface area contributed by atoms with Gasteiger partial charge in [-0.1, -0.05) is 151 Å². The molecule has 2 aliphatic heterocycles. The standard InChI is InChI=1S/C67H50N4S2/c1-65(2)45-23-11-15-27-53(45)70(55-33-31-39(35-47(55)65)63-68-51-25-13-17-29-59(51)72-63)57-37-49-61(43-21-9-7-19-41(43)57)62-44-22-10-8-20-42(44)58(38-50(62)67(49,5)6)71-54-28-16-12-24-46(54)66(3,4)48-36-40(32-34-56(48)71)64-69-52-26-14-18-30-60(52)73-64/h7-38H,1-6H3. The number of aromatic nitrogens is 2. The fourth-order valence-electron chi connectivity index (χ4n) is 12.9. The van der Waals surface area contributed by atoms with Crippen molar-refractivity contribution in [1.29, 1.82) is 0 Å². The predicted molar refractivity (Wildman–Crippen MR) is 310 cm³/mol. The first-order chi connectivity index (χ1) is 35.5. The Kier molecular flexibility index (Phi) is 8.83. The summed E-state index contributed by atoms with van der Waals surface area (Å²) in [6.45, 7) is 14.4. The first-order valence-corrected chi connectivity index (χ1v) is 27.0. The summed E-state index contributed by atoms with van der Waals surface area (Å²) in [4.78, 5) is 15.4. The molecule has 15 rings (SSSR count). The van der Waals surface area contributed by atoms with Crippen LogP contribution in [0.4, 0.5) is 34.1 Å². The Labute approximate surface area is 433 Å². The van der Waals surface area contributed by atoms with Gasteiger partial charge in [0.25, 0.3) is 0 Å². The third-order valence-electron chi connectivity index (χ3n) is 16.7. The van der Waals surface area contributed by atoms with Crippen LogP contribution in [0.15, 0.2) is 194 Å². The van der Waals surface area contributed by atoms with Crippen LogP contribution in [-0.4, -0.2) is 9.97 Å². The molecule has 0 amide bonds. The Morgan fingerprint density at radius 1 is 0.315 bits per heavy atom. The van der Waals surface area contributed by atoms with Gasteiger partial charge < -0.3 is 9.80 Å². The van der Waals surface area contributed by atoms with E-state index in [9.17, 15) is 0 Å². The SMILES string of the molecule is CC1(C)c2ccccc2N(c2cc3c(c4ccccc24)-c2c(cc(N4c5ccccc5C(C)(C)c5cc(-c6nc7ccccc7s6)ccc54)c4ccccc24)C3(C)C)c2ccc(-c3nc4ccccc4s3)cc21. The van der Waals surface area contributed by atoms with E-state index in [2.05, 4.69) is 245 Å². The number of hydrogen-bond acceptors (Lipinski definition) is 6. The van der Waals surface area contributed by atoms with Crippen LogP contribution < -0.4 is 9.80 Å². The number of anilines is 6. The van der Waals surface area contributed by atoms with Crippen molar-refractivity contribution in [3.8, 4) is 32.3 Å². The smallest absolute Gasteiger partial charge is 0.124 e. The molecule has 0 radical (unpaired) electrons. The Hall–Kier alpha value is -7.90. The molecule has 73 heavy (non-hydrogen) atoms. The lowest BCUT2D eigenvalue weighted by molar-refractivity contribution is 0.631. The zero-order valence-electron chi connectivity index (χ0n) is 41.6. The molecule has 0 atom stereocenters. The van der Waals surface area contributed by atoms with E-state index in [1.165, 1.54) is 110 Å². The molecular formula is C67H50N4S2. The summed E-state index contributed by atoms with van der Waals surface area (Å²) in [6.07, 6.45) is 0. The molecule has 0 unspecified atom stereocenters. The number of nitrogens with zero attached hydrogens (tertiary/aromatic N) is 4. The van der Waals surface area contributed by atoms with E-state index >= 15 is 0 Å². The van der Waals surface area contributed by atoms with Crippen LogP contribution in [0, 0.1) is 0 Å². The van der Waals surface area contributed by atoms with Crippen molar-refractivity contribution in [2.24, 2.45) is 0 Å². The van der Waals surface area contributed by atoms with Gasteiger partial charge >= 0.3 is 0 Å². The molecule has 3 aliphatic rings. The van der Waals surface area contributed by atoms with Crippen molar-refractivity contribution < 1.29 is 0 Å². The number of fused-ring (bicyclic) bond motifs is 13. The second-order valence-electron chi connectivity index (χ2n) is 21.7. The molecule has 10 aromatic carbocycles. The van der Waals surface area contributed by atoms with Crippen molar-refractivity contribution in [2.75, 3.05) is 9.80 Å². The van der Waals surface area contributed by atoms with Gasteiger partial charge in [-0.3, -0.25) is 0 Å². The lowest BCUT2D eigenvalue weighted by Gasteiger charge is -2.43. The van der Waals surface area contributed by atoms with E-state index in [0.717, 1.165) is 32.2 Å². The second kappa shape index (κ2) is 15.1. The summed E-state index contributed by atoms with van der Waals surface area (Å²) in [5, 5.41) is 7.11. The first-order valence-electron chi connectivity index (χ1n) is 25.4. The van der Waals surface area contributed by atoms with E-state index in [4.69, 9.17) is 9.97 Å². The highest BCUT2D eigenvalue weighted by Gasteiger charge is 2.44. The number of rotatable bonds is 4. The Morgan fingerprint density at radius 3 is 1.11 bits per heavy atom. The third-order valence-corrected chi connectivity index (χ3v) is 18.8. The number of thiazole rings is 2. The summed E-state index contributed by atoms with van der Waals surface area (Å²) >= 11 is 3.53. The van der Waals surface area contributed by atoms with E-state index in [1.54, 1.807) is 22.7 Å². The molecule has 350 valence electrons. The van der Waals surface area contributed by atoms with Gasteiger partial charge in [0.05, 0.1) is 54.6 Å². The zero-order valence-corrected chi connectivity index (χ0v) is 43.2. The Bertz CT molecular complexity index is 4000. The molecule has 4 nitrogen and oxygen atoms in total. The minimum absolute atomic E-state index is 0.259. The number of benzene rings is 10. The van der Waals surface area contributed by atoms with Crippen molar-refractivity contribution in [3.63, 3.8) is 0 Å². The Morgan fingerprint density at radius 2 is 0.671 bits per heavy atom. The normalized spacial score (nSPS) is 15.5. The van der Waals surface area contributed by atoms with Gasteiger partial charge in [-0.25, -0.2) is 9.97 Å². The van der Waals surface area contributed by atoms with Gasteiger partial charge in [0, 0.05) is 38.1 Å². The van der Waals surface area contributed by atoms with Crippen molar-refractivity contribution in [1.82, 2.24) is 9.97 Å². The van der Waals surface area contributed by atoms with Crippen LogP contribution in [0.2, 0.25) is 0 Å². The molecule has 6 heteroatoms. The second-order valence-corrected chi connectivity index (χ2v) is 23.8. The third kappa shape index (κ3) is 5.93. The van der Waals surface area contributed by atoms with Crippen LogP contribution in [0.3, 0.4) is 0 Å². The van der Waals surface area contributed by atoms with Crippen LogP contribution in [-0.2, 0) is 16.2 Å². The summed E-state index contributed by atoms with van der Waals surface area (Å²) in [5.41, 5.74) is 21.3. The summed E-state index contributed by atoms with van der Waals surface area (Å²) < 4.78 is 2.42. The maximum atomic E-state index is 5.12. The quantitative estimate of drug-likeness (QED) is 0.176. The zero-order chi connectivity index (χ0) is 49.1. The summed E-state index contributed by atoms with van der Waals surface area (Å²) in [6, 6.07) is 72.6. The van der Waals surface area contributed by atoms with Crippen LogP contribution in [0.25, 0.3) is 74.2 Å². The average molecular weight is 975 g/mol. The molecule has 0 saturated heterocycles. The van der Waals surface area contributed by atoms with Crippen molar-refractivity contribution in [2.45, 2.75) is 57.8 Å². The van der Waals surface area contributed by atoms with Gasteiger partial charge in [-0.05, 0) is 140 Å². The lowest BCUT2D eigenvalue weighted by atomic mass is 9.73. The van der Waals surface area contributed by atoms with E-state index in [-0.39, 0.29) is 16.2 Å². The molecule has 12 aromatic rings. The van der Waals surface area contributed by atoms with Gasteiger partial charge in [0.1, 0.15) is 10.0 Å². The highest BCUT2D eigenvalue weighted by molar-refractivity contribution is 7.22. The molecule has 0 fully saturated rings. The largest absolute Gasteiger partial charge is 0.309 e. The van der Waals surface area contributed by atoms with Gasteiger partial charge in [-0.15, -0.1) is 22.7 Å². The molecule has 0 bridgehead atoms. The van der Waals surface area contributed by atoms with Gasteiger partial charge in [-0.2, -0.15) is 0 Å². The molecule has 4 heterocycles. The minimum Gasteiger partial charge on any atom is -0.309 e. The lowest BCUT2D eigenvalue weighted by Crippen LogP contribution is -2.31. The minimum atomic E-state index is -0.357. The maximum Gasteiger partial charge on any atom is 0.124 e. The number of para-hydroxylation sites is 4. The van der Waals surface area contributed by atoms with Gasteiger partial charge in [0.2, 0.25) is 0 Å². The van der Waals surface area contributed by atoms with E-state index < -0.39 is 0 Å². The molecule has 0 spiro atoms. The maximum absolute atomic E-state index is 5.12. The monoisotopic (exact) mass is 974 g/mol. The highest BCUT2D eigenvalue weighted by Crippen LogP contribution is 2.62. The average Bonchev–Trinajstić information content (AvgIpc) is 4.12. The van der Waals surface area contributed by atoms with Crippen molar-refractivity contribution >= 4 is 98.8 Å². The summed E-state index contributed by atoms with van der Waals surface area (Å²) in [7, 11) is 0. The van der Waals surface area contributed by atoms with Crippen LogP contribution in [0.5, 0.6) is 0 Å². The van der Waals surface area contributed by atoms with E-state index in [1.807, 2.05) is 0 Å². The van der Waals surface area contributed by atoms with Crippen LogP contribution in [0.1, 0.15) is 74.9 Å². The van der Waals surface area contributed by atoms with E-state index in [0.29, 0.717) is 0 Å². The molecular weight excluding hydrogens is 925 g/mol. The molecule has 0 saturated carbocycles.